The van der Waals surface area contributed by atoms with Crippen molar-refractivity contribution in [2.45, 2.75) is 39.0 Å². The van der Waals surface area contributed by atoms with Gasteiger partial charge in [-0.3, -0.25) is 4.79 Å². The van der Waals surface area contributed by atoms with Gasteiger partial charge in [0, 0.05) is 10.0 Å². The van der Waals surface area contributed by atoms with E-state index in [-0.39, 0.29) is 5.91 Å². The monoisotopic (exact) mass is 387 g/mol. The molecule has 1 N–H and O–H groups in total. The summed E-state index contributed by atoms with van der Waals surface area (Å²) in [6.07, 6.45) is 2.49. The summed E-state index contributed by atoms with van der Waals surface area (Å²) < 4.78 is 6.90. The van der Waals surface area contributed by atoms with Crippen LogP contribution in [0.4, 0.5) is 5.69 Å². The molecule has 0 saturated carbocycles. The lowest BCUT2D eigenvalue weighted by Gasteiger charge is -2.17. The molecule has 2 aromatic carbocycles. The summed E-state index contributed by atoms with van der Waals surface area (Å²) in [5.41, 5.74) is 4.12. The molecule has 0 saturated heterocycles. The van der Waals surface area contributed by atoms with E-state index in [4.69, 9.17) is 4.74 Å². The van der Waals surface area contributed by atoms with E-state index in [0.717, 1.165) is 39.9 Å². The molecule has 126 valence electrons. The minimum absolute atomic E-state index is 0.0281. The highest BCUT2D eigenvalue weighted by molar-refractivity contribution is 9.10. The van der Waals surface area contributed by atoms with Crippen LogP contribution in [0.15, 0.2) is 40.9 Å². The van der Waals surface area contributed by atoms with Crippen LogP contribution in [0.25, 0.3) is 0 Å². The van der Waals surface area contributed by atoms with Crippen LogP contribution >= 0.6 is 15.9 Å². The van der Waals surface area contributed by atoms with Crippen molar-refractivity contribution in [1.29, 1.82) is 0 Å². The number of rotatable bonds is 3. The second kappa shape index (κ2) is 7.39. The molecule has 3 nitrogen and oxygen atoms in total. The minimum Gasteiger partial charge on any atom is -0.491 e. The molecule has 0 aromatic heterocycles. The topological polar surface area (TPSA) is 38.3 Å². The molecule has 1 amide bonds. The minimum atomic E-state index is -0.0281. The highest BCUT2D eigenvalue weighted by Crippen LogP contribution is 2.40. The van der Waals surface area contributed by atoms with Crippen LogP contribution in [-0.2, 0) is 11.2 Å². The lowest BCUT2D eigenvalue weighted by Crippen LogP contribution is -2.15. The standard InChI is InChI=1S/C20H22BrNO2/c1-13-5-7-15(8-6-13)10-19(23)22-18-12-16(21)11-17-14(2)4-3-9-24-20(17)18/h5-8,11-12,14H,3-4,9-10H2,1-2H3,(H,22,23). The van der Waals surface area contributed by atoms with Crippen molar-refractivity contribution in [2.24, 2.45) is 0 Å². The van der Waals surface area contributed by atoms with Gasteiger partial charge in [-0.15, -0.1) is 0 Å². The number of amides is 1. The first kappa shape index (κ1) is 17.0. The van der Waals surface area contributed by atoms with Crippen molar-refractivity contribution in [1.82, 2.24) is 0 Å². The Bertz CT molecular complexity index is 740. The Hall–Kier alpha value is -1.81. The number of nitrogens with one attached hydrogen (secondary N) is 1. The molecule has 1 aliphatic rings. The van der Waals surface area contributed by atoms with Crippen LogP contribution in [0, 0.1) is 6.92 Å². The fourth-order valence-corrected chi connectivity index (χ4v) is 3.52. The maximum absolute atomic E-state index is 12.4. The fraction of sp³-hybridized carbons (Fsp3) is 0.350. The maximum atomic E-state index is 12.4. The third kappa shape index (κ3) is 3.99. The third-order valence-corrected chi connectivity index (χ3v) is 4.86. The molecule has 4 heteroatoms. The summed E-state index contributed by atoms with van der Waals surface area (Å²) >= 11 is 3.55. The van der Waals surface area contributed by atoms with Gasteiger partial charge in [0.2, 0.25) is 5.91 Å². The van der Waals surface area contributed by atoms with E-state index >= 15 is 0 Å². The number of hydrogen-bond acceptors (Lipinski definition) is 2. The Morgan fingerprint density at radius 3 is 2.79 bits per heavy atom. The van der Waals surface area contributed by atoms with E-state index < -0.39 is 0 Å². The van der Waals surface area contributed by atoms with Gasteiger partial charge >= 0.3 is 0 Å². The summed E-state index contributed by atoms with van der Waals surface area (Å²) in [5.74, 6) is 1.22. The maximum Gasteiger partial charge on any atom is 0.228 e. The molecule has 2 aromatic rings. The van der Waals surface area contributed by atoms with Crippen LogP contribution in [0.3, 0.4) is 0 Å². The number of ether oxygens (including phenoxy) is 1. The number of benzene rings is 2. The lowest BCUT2D eigenvalue weighted by atomic mass is 9.96. The third-order valence-electron chi connectivity index (χ3n) is 4.40. The molecule has 0 spiro atoms. The zero-order valence-electron chi connectivity index (χ0n) is 14.1. The molecule has 0 aliphatic carbocycles. The van der Waals surface area contributed by atoms with E-state index in [1.165, 1.54) is 5.56 Å². The van der Waals surface area contributed by atoms with E-state index in [1.54, 1.807) is 0 Å². The van der Waals surface area contributed by atoms with Gasteiger partial charge in [0.25, 0.3) is 0 Å². The number of carbonyl (C=O) groups excluding carboxylic acids is 1. The summed E-state index contributed by atoms with van der Waals surface area (Å²) in [4.78, 5) is 12.4. The molecule has 0 radical (unpaired) electrons. The van der Waals surface area contributed by atoms with Crippen LogP contribution in [0.2, 0.25) is 0 Å². The van der Waals surface area contributed by atoms with Crippen LogP contribution in [-0.4, -0.2) is 12.5 Å². The van der Waals surface area contributed by atoms with Gasteiger partial charge in [-0.25, -0.2) is 0 Å². The average molecular weight is 388 g/mol. The van der Waals surface area contributed by atoms with Gasteiger partial charge in [0.1, 0.15) is 5.75 Å². The quantitative estimate of drug-likeness (QED) is 0.784. The van der Waals surface area contributed by atoms with Crippen molar-refractivity contribution in [3.8, 4) is 5.75 Å². The van der Waals surface area contributed by atoms with Crippen molar-refractivity contribution < 1.29 is 9.53 Å². The Morgan fingerprint density at radius 1 is 1.29 bits per heavy atom. The number of carbonyl (C=O) groups is 1. The molecule has 1 aliphatic heterocycles. The van der Waals surface area contributed by atoms with Gasteiger partial charge in [0.15, 0.2) is 0 Å². The van der Waals surface area contributed by atoms with E-state index in [1.807, 2.05) is 37.3 Å². The van der Waals surface area contributed by atoms with Gasteiger partial charge in [-0.1, -0.05) is 52.7 Å². The van der Waals surface area contributed by atoms with Crippen molar-refractivity contribution in [3.63, 3.8) is 0 Å². The van der Waals surface area contributed by atoms with Gasteiger partial charge < -0.3 is 10.1 Å². The number of fused-ring (bicyclic) bond motifs is 1. The Kier molecular flexibility index (Phi) is 5.24. The van der Waals surface area contributed by atoms with Crippen molar-refractivity contribution in [2.75, 3.05) is 11.9 Å². The number of hydrogen-bond donors (Lipinski definition) is 1. The summed E-state index contributed by atoms with van der Waals surface area (Å²) in [6.45, 7) is 4.94. The second-order valence-electron chi connectivity index (χ2n) is 6.47. The molecule has 0 bridgehead atoms. The van der Waals surface area contributed by atoms with E-state index in [2.05, 4.69) is 34.2 Å². The number of halogens is 1. The number of anilines is 1. The molecule has 1 atom stereocenters. The molecule has 24 heavy (non-hydrogen) atoms. The lowest BCUT2D eigenvalue weighted by molar-refractivity contribution is -0.115. The highest BCUT2D eigenvalue weighted by atomic mass is 79.9. The molecule has 1 heterocycles. The normalized spacial score (nSPS) is 16.7. The first-order valence-electron chi connectivity index (χ1n) is 8.34. The summed E-state index contributed by atoms with van der Waals surface area (Å²) in [5, 5.41) is 3.03. The van der Waals surface area contributed by atoms with Crippen molar-refractivity contribution >= 4 is 27.5 Å². The molecule has 3 rings (SSSR count). The SMILES string of the molecule is Cc1ccc(CC(=O)Nc2cc(Br)cc3c2OCCCC3C)cc1. The first-order chi connectivity index (χ1) is 11.5. The van der Waals surface area contributed by atoms with Crippen LogP contribution in [0.5, 0.6) is 5.75 Å². The zero-order chi connectivity index (χ0) is 17.1. The average Bonchev–Trinajstić information content (AvgIpc) is 2.72. The molecule has 1 unspecified atom stereocenters. The predicted octanol–water partition coefficient (Wildman–Crippen LogP) is 5.21. The molecule has 0 fully saturated rings. The van der Waals surface area contributed by atoms with Crippen molar-refractivity contribution in [3.05, 3.63) is 57.6 Å². The largest absolute Gasteiger partial charge is 0.491 e. The number of aryl methyl sites for hydroxylation is 1. The first-order valence-corrected chi connectivity index (χ1v) is 9.14. The zero-order valence-corrected chi connectivity index (χ0v) is 15.7. The second-order valence-corrected chi connectivity index (χ2v) is 7.39. The Balaban J connectivity index is 1.81. The van der Waals surface area contributed by atoms with Gasteiger partial charge in [-0.2, -0.15) is 0 Å². The van der Waals surface area contributed by atoms with E-state index in [9.17, 15) is 4.79 Å². The van der Waals surface area contributed by atoms with Gasteiger partial charge in [0.05, 0.1) is 18.7 Å². The summed E-state index contributed by atoms with van der Waals surface area (Å²) in [6, 6.07) is 12.1. The van der Waals surface area contributed by atoms with Gasteiger partial charge in [-0.05, 0) is 43.4 Å². The van der Waals surface area contributed by atoms with Crippen LogP contribution in [0.1, 0.15) is 42.4 Å². The predicted molar refractivity (Wildman–Crippen MR) is 101 cm³/mol. The smallest absolute Gasteiger partial charge is 0.228 e. The molecular formula is C20H22BrNO2. The molecular weight excluding hydrogens is 366 g/mol. The van der Waals surface area contributed by atoms with Crippen LogP contribution < -0.4 is 10.1 Å². The Morgan fingerprint density at radius 2 is 2.04 bits per heavy atom. The summed E-state index contributed by atoms with van der Waals surface area (Å²) in [7, 11) is 0. The fourth-order valence-electron chi connectivity index (χ4n) is 3.04. The highest BCUT2D eigenvalue weighted by Gasteiger charge is 2.21. The van der Waals surface area contributed by atoms with E-state index in [0.29, 0.717) is 18.9 Å². The Labute approximate surface area is 151 Å².